The number of hydrogen-bond acceptors (Lipinski definition) is 6. The summed E-state index contributed by atoms with van der Waals surface area (Å²) in [6, 6.07) is 7.62. The number of imidazole rings is 1. The summed E-state index contributed by atoms with van der Waals surface area (Å²) >= 11 is 0. The second-order valence-corrected chi connectivity index (χ2v) is 6.91. The Morgan fingerprint density at radius 3 is 2.71 bits per heavy atom. The number of rotatable bonds is 6. The summed E-state index contributed by atoms with van der Waals surface area (Å²) < 4.78 is 7.34. The lowest BCUT2D eigenvalue weighted by atomic mass is 9.93. The van der Waals surface area contributed by atoms with Gasteiger partial charge in [0.05, 0.1) is 12.3 Å². The normalized spacial score (nSPS) is 19.5. The Hall–Kier alpha value is -3.00. The van der Waals surface area contributed by atoms with Gasteiger partial charge in [-0.15, -0.1) is 5.10 Å². The zero-order chi connectivity index (χ0) is 19.3. The van der Waals surface area contributed by atoms with Crippen molar-refractivity contribution in [2.24, 2.45) is 0 Å². The average Bonchev–Trinajstić information content (AvgIpc) is 3.14. The van der Waals surface area contributed by atoms with Crippen LogP contribution in [0.4, 0.5) is 11.5 Å². The van der Waals surface area contributed by atoms with Crippen LogP contribution >= 0.6 is 0 Å². The maximum atomic E-state index is 12.4. The second kappa shape index (κ2) is 8.35. The molecule has 0 spiro atoms. The molecule has 1 fully saturated rings. The fourth-order valence-corrected chi connectivity index (χ4v) is 3.52. The summed E-state index contributed by atoms with van der Waals surface area (Å²) in [4.78, 5) is 20.7. The van der Waals surface area contributed by atoms with Crippen LogP contribution in [-0.2, 0) is 4.74 Å². The van der Waals surface area contributed by atoms with Gasteiger partial charge in [0.2, 0.25) is 0 Å². The third-order valence-electron chi connectivity index (χ3n) is 4.92. The molecule has 3 heterocycles. The van der Waals surface area contributed by atoms with Gasteiger partial charge in [0.1, 0.15) is 11.5 Å². The van der Waals surface area contributed by atoms with Gasteiger partial charge in [0.25, 0.3) is 5.91 Å². The van der Waals surface area contributed by atoms with Gasteiger partial charge in [-0.05, 0) is 56.9 Å². The first-order valence-electron chi connectivity index (χ1n) is 9.67. The summed E-state index contributed by atoms with van der Waals surface area (Å²) in [6.07, 6.45) is 9.54. The molecule has 1 saturated carbocycles. The fraction of sp³-hybridized carbons (Fsp3) is 0.400. The van der Waals surface area contributed by atoms with Gasteiger partial charge in [0.15, 0.2) is 5.65 Å². The van der Waals surface area contributed by atoms with Crippen molar-refractivity contribution in [1.29, 1.82) is 0 Å². The molecule has 0 atom stereocenters. The van der Waals surface area contributed by atoms with E-state index in [1.807, 2.05) is 19.1 Å². The predicted molar refractivity (Wildman–Crippen MR) is 106 cm³/mol. The Morgan fingerprint density at radius 1 is 1.18 bits per heavy atom. The second-order valence-electron chi connectivity index (χ2n) is 6.91. The molecule has 1 amide bonds. The third kappa shape index (κ3) is 4.28. The van der Waals surface area contributed by atoms with Crippen molar-refractivity contribution < 1.29 is 9.53 Å². The minimum Gasteiger partial charge on any atom is -0.379 e. The molecule has 3 aromatic rings. The van der Waals surface area contributed by atoms with Gasteiger partial charge >= 0.3 is 0 Å². The van der Waals surface area contributed by atoms with Gasteiger partial charge < -0.3 is 15.4 Å². The van der Waals surface area contributed by atoms with Gasteiger partial charge in [-0.25, -0.2) is 9.50 Å². The summed E-state index contributed by atoms with van der Waals surface area (Å²) in [6.45, 7) is 2.82. The fourth-order valence-electron chi connectivity index (χ4n) is 3.52. The van der Waals surface area contributed by atoms with E-state index in [-0.39, 0.29) is 5.91 Å². The Morgan fingerprint density at radius 2 is 1.96 bits per heavy atom. The van der Waals surface area contributed by atoms with Gasteiger partial charge in [-0.2, -0.15) is 0 Å². The number of carbonyl (C=O) groups excluding carboxylic acids is 1. The Balaban J connectivity index is 1.41. The zero-order valence-electron chi connectivity index (χ0n) is 15.8. The number of hydrogen-bond donors (Lipinski definition) is 2. The molecule has 1 aliphatic carbocycles. The summed E-state index contributed by atoms with van der Waals surface area (Å²) in [5.41, 5.74) is 1.62. The number of pyridine rings is 1. The maximum absolute atomic E-state index is 12.4. The molecule has 8 heteroatoms. The summed E-state index contributed by atoms with van der Waals surface area (Å²) in [7, 11) is 0. The molecule has 1 aliphatic rings. The van der Waals surface area contributed by atoms with E-state index in [4.69, 9.17) is 4.74 Å². The molecule has 0 radical (unpaired) electrons. The van der Waals surface area contributed by atoms with Crippen LogP contribution in [0.3, 0.4) is 0 Å². The SMILES string of the molecule is CCOC1CCC(Nc2ccc3nc(C(=O)Nc4ccncc4)cn3n2)CC1. The highest BCUT2D eigenvalue weighted by Crippen LogP contribution is 2.23. The molecule has 0 unspecified atom stereocenters. The Kier molecular flexibility index (Phi) is 5.48. The smallest absolute Gasteiger partial charge is 0.275 e. The van der Waals surface area contributed by atoms with Crippen LogP contribution < -0.4 is 10.6 Å². The molecule has 2 N–H and O–H groups in total. The maximum Gasteiger partial charge on any atom is 0.275 e. The van der Waals surface area contributed by atoms with Crippen LogP contribution in [0.2, 0.25) is 0 Å². The Labute approximate surface area is 163 Å². The largest absolute Gasteiger partial charge is 0.379 e. The van der Waals surface area contributed by atoms with Crippen molar-refractivity contribution in [1.82, 2.24) is 19.6 Å². The number of fused-ring (bicyclic) bond motifs is 1. The quantitative estimate of drug-likeness (QED) is 0.682. The highest BCUT2D eigenvalue weighted by atomic mass is 16.5. The molecule has 4 rings (SSSR count). The standard InChI is InChI=1S/C20H24N6O2/c1-2-28-16-5-3-14(4-6-16)22-18-7-8-19-24-17(13-26(19)25-18)20(27)23-15-9-11-21-12-10-15/h7-14,16H,2-6H2,1H3,(H,22,25)(H,21,23,27). The predicted octanol–water partition coefficient (Wildman–Crippen LogP) is 3.14. The van der Waals surface area contributed by atoms with E-state index in [1.54, 1.807) is 35.2 Å². The first-order valence-corrected chi connectivity index (χ1v) is 9.67. The lowest BCUT2D eigenvalue weighted by Gasteiger charge is -2.29. The number of aromatic nitrogens is 4. The number of nitrogens with zero attached hydrogens (tertiary/aromatic N) is 4. The monoisotopic (exact) mass is 380 g/mol. The highest BCUT2D eigenvalue weighted by Gasteiger charge is 2.21. The lowest BCUT2D eigenvalue weighted by Crippen LogP contribution is -2.30. The first-order chi connectivity index (χ1) is 13.7. The number of carbonyl (C=O) groups is 1. The minimum absolute atomic E-state index is 0.277. The van der Waals surface area contributed by atoms with Crippen molar-refractivity contribution in [2.45, 2.75) is 44.8 Å². The van der Waals surface area contributed by atoms with Crippen molar-refractivity contribution in [3.05, 3.63) is 48.5 Å². The van der Waals surface area contributed by atoms with Crippen LogP contribution in [0.25, 0.3) is 5.65 Å². The number of anilines is 2. The van der Waals surface area contributed by atoms with Crippen molar-refractivity contribution in [3.63, 3.8) is 0 Å². The van der Waals surface area contributed by atoms with Crippen LogP contribution in [0.1, 0.15) is 43.1 Å². The lowest BCUT2D eigenvalue weighted by molar-refractivity contribution is 0.0346. The van der Waals surface area contributed by atoms with E-state index in [0.29, 0.717) is 29.2 Å². The molecule has 0 saturated heterocycles. The van der Waals surface area contributed by atoms with Crippen molar-refractivity contribution >= 4 is 23.1 Å². The molecular weight excluding hydrogens is 356 g/mol. The molecule has 8 nitrogen and oxygen atoms in total. The van der Waals surface area contributed by atoms with E-state index in [0.717, 1.165) is 38.1 Å². The number of nitrogens with one attached hydrogen (secondary N) is 2. The number of ether oxygens (including phenoxy) is 1. The van der Waals surface area contributed by atoms with Crippen LogP contribution in [0.5, 0.6) is 0 Å². The molecule has 146 valence electrons. The van der Waals surface area contributed by atoms with E-state index < -0.39 is 0 Å². The Bertz CT molecular complexity index is 934. The van der Waals surface area contributed by atoms with Gasteiger partial charge in [0, 0.05) is 30.7 Å². The molecule has 0 aromatic carbocycles. The van der Waals surface area contributed by atoms with Gasteiger partial charge in [-0.3, -0.25) is 9.78 Å². The average molecular weight is 380 g/mol. The van der Waals surface area contributed by atoms with Crippen LogP contribution in [0.15, 0.2) is 42.9 Å². The highest BCUT2D eigenvalue weighted by molar-refractivity contribution is 6.03. The van der Waals surface area contributed by atoms with E-state index in [2.05, 4.69) is 25.7 Å². The summed E-state index contributed by atoms with van der Waals surface area (Å²) in [5, 5.41) is 10.9. The molecule has 0 aliphatic heterocycles. The molecule has 28 heavy (non-hydrogen) atoms. The number of amides is 1. The summed E-state index contributed by atoms with van der Waals surface area (Å²) in [5.74, 6) is 0.506. The first kappa shape index (κ1) is 18.4. The van der Waals surface area contributed by atoms with Gasteiger partial charge in [-0.1, -0.05) is 0 Å². The third-order valence-corrected chi connectivity index (χ3v) is 4.92. The van der Waals surface area contributed by atoms with E-state index in [9.17, 15) is 4.79 Å². The zero-order valence-corrected chi connectivity index (χ0v) is 15.8. The molecule has 0 bridgehead atoms. The van der Waals surface area contributed by atoms with E-state index >= 15 is 0 Å². The van der Waals surface area contributed by atoms with Crippen molar-refractivity contribution in [2.75, 3.05) is 17.2 Å². The molecular formula is C20H24N6O2. The topological polar surface area (TPSA) is 93.4 Å². The molecule has 3 aromatic heterocycles. The van der Waals surface area contributed by atoms with E-state index in [1.165, 1.54) is 0 Å². The van der Waals surface area contributed by atoms with Crippen LogP contribution in [0, 0.1) is 0 Å². The minimum atomic E-state index is -0.277. The van der Waals surface area contributed by atoms with Crippen molar-refractivity contribution in [3.8, 4) is 0 Å². The van der Waals surface area contributed by atoms with Crippen LogP contribution in [-0.4, -0.2) is 44.2 Å².